The molecule has 7 heteroatoms. The first-order valence-electron chi connectivity index (χ1n) is 6.22. The van der Waals surface area contributed by atoms with E-state index in [0.717, 1.165) is 25.9 Å². The van der Waals surface area contributed by atoms with Crippen molar-refractivity contribution >= 4 is 11.0 Å². The van der Waals surface area contributed by atoms with E-state index in [4.69, 9.17) is 0 Å². The summed E-state index contributed by atoms with van der Waals surface area (Å²) >= 11 is 0. The Balaban J connectivity index is 1.92. The van der Waals surface area contributed by atoms with Crippen LogP contribution in [0.1, 0.15) is 12.8 Å². The third-order valence-electron chi connectivity index (χ3n) is 3.45. The summed E-state index contributed by atoms with van der Waals surface area (Å²) in [5.74, 6) is 0.458. The Morgan fingerprint density at radius 3 is 3.22 bits per heavy atom. The number of nitrogens with zero attached hydrogens (tertiary/aromatic N) is 5. The van der Waals surface area contributed by atoms with Gasteiger partial charge in [-0.05, 0) is 31.8 Å². The van der Waals surface area contributed by atoms with Gasteiger partial charge in [-0.3, -0.25) is 4.79 Å². The van der Waals surface area contributed by atoms with Crippen molar-refractivity contribution < 1.29 is 0 Å². The van der Waals surface area contributed by atoms with Gasteiger partial charge in [0, 0.05) is 7.05 Å². The first-order valence-corrected chi connectivity index (χ1v) is 6.22. The quantitative estimate of drug-likeness (QED) is 0.777. The lowest BCUT2D eigenvalue weighted by molar-refractivity contribution is 0.315. The van der Waals surface area contributed by atoms with Gasteiger partial charge in [-0.25, -0.2) is 9.36 Å². The van der Waals surface area contributed by atoms with Crippen molar-refractivity contribution in [3.8, 4) is 0 Å². The van der Waals surface area contributed by atoms with Gasteiger partial charge < -0.3 is 5.32 Å². The van der Waals surface area contributed by atoms with E-state index in [9.17, 15) is 4.79 Å². The number of hydrogen-bond acceptors (Lipinski definition) is 5. The molecule has 7 nitrogen and oxygen atoms in total. The van der Waals surface area contributed by atoms with Crippen LogP contribution in [-0.4, -0.2) is 37.9 Å². The number of fused-ring (bicyclic) bond motifs is 1. The predicted octanol–water partition coefficient (Wildman–Crippen LogP) is -0.475. The van der Waals surface area contributed by atoms with Gasteiger partial charge in [-0.2, -0.15) is 5.10 Å². The molecule has 1 fully saturated rings. The predicted molar refractivity (Wildman–Crippen MR) is 66.2 cm³/mol. The van der Waals surface area contributed by atoms with Crippen LogP contribution in [-0.2, 0) is 13.6 Å². The van der Waals surface area contributed by atoms with Gasteiger partial charge in [0.15, 0.2) is 5.65 Å². The fourth-order valence-corrected chi connectivity index (χ4v) is 2.42. The van der Waals surface area contributed by atoms with Crippen molar-refractivity contribution in [1.29, 1.82) is 0 Å². The average Bonchev–Trinajstić information content (AvgIpc) is 2.77. The molecular weight excluding hydrogens is 232 g/mol. The standard InChI is InChI=1S/C11H16N6O/c1-16-10-9(6-13-16)11(18)17(15-14-10)7-8-3-2-4-12-5-8/h6,8,12H,2-5,7H2,1H3. The highest BCUT2D eigenvalue weighted by atomic mass is 16.1. The number of hydrogen-bond donors (Lipinski definition) is 1. The number of aromatic nitrogens is 5. The van der Waals surface area contributed by atoms with E-state index in [0.29, 0.717) is 23.5 Å². The Labute approximate surface area is 104 Å². The van der Waals surface area contributed by atoms with Gasteiger partial charge in [0.25, 0.3) is 5.56 Å². The fraction of sp³-hybridized carbons (Fsp3) is 0.636. The minimum absolute atomic E-state index is 0.0985. The van der Waals surface area contributed by atoms with Crippen LogP contribution in [0, 0.1) is 5.92 Å². The minimum atomic E-state index is -0.0985. The minimum Gasteiger partial charge on any atom is -0.316 e. The molecule has 0 amide bonds. The van der Waals surface area contributed by atoms with E-state index in [-0.39, 0.29) is 5.56 Å². The fourth-order valence-electron chi connectivity index (χ4n) is 2.42. The van der Waals surface area contributed by atoms with Gasteiger partial charge in [-0.1, -0.05) is 5.21 Å². The molecule has 1 saturated heterocycles. The van der Waals surface area contributed by atoms with Crippen molar-refractivity contribution in [1.82, 2.24) is 30.1 Å². The molecule has 3 heterocycles. The lowest BCUT2D eigenvalue weighted by Crippen LogP contribution is -2.35. The SMILES string of the molecule is Cn1ncc2c(=O)n(CC3CCCNC3)nnc21. The molecule has 0 radical (unpaired) electrons. The van der Waals surface area contributed by atoms with E-state index in [1.807, 2.05) is 0 Å². The van der Waals surface area contributed by atoms with E-state index in [1.165, 1.54) is 4.68 Å². The van der Waals surface area contributed by atoms with Gasteiger partial charge in [0.1, 0.15) is 5.39 Å². The first kappa shape index (κ1) is 11.3. The zero-order chi connectivity index (χ0) is 12.5. The lowest BCUT2D eigenvalue weighted by atomic mass is 10.00. The second-order valence-corrected chi connectivity index (χ2v) is 4.79. The molecule has 18 heavy (non-hydrogen) atoms. The van der Waals surface area contributed by atoms with Crippen LogP contribution in [0.25, 0.3) is 11.0 Å². The first-order chi connectivity index (χ1) is 8.75. The van der Waals surface area contributed by atoms with Crippen LogP contribution in [0.5, 0.6) is 0 Å². The molecule has 1 aliphatic rings. The molecule has 0 aliphatic carbocycles. The molecule has 1 N–H and O–H groups in total. The van der Waals surface area contributed by atoms with Crippen LogP contribution in [0.15, 0.2) is 11.0 Å². The highest BCUT2D eigenvalue weighted by Gasteiger charge is 2.16. The summed E-state index contributed by atoms with van der Waals surface area (Å²) in [5, 5.41) is 16.0. The summed E-state index contributed by atoms with van der Waals surface area (Å²) in [7, 11) is 1.76. The molecule has 96 valence electrons. The molecular formula is C11H16N6O. The van der Waals surface area contributed by atoms with Crippen LogP contribution in [0.4, 0.5) is 0 Å². The third-order valence-corrected chi connectivity index (χ3v) is 3.45. The molecule has 1 unspecified atom stereocenters. The molecule has 0 spiro atoms. The highest BCUT2D eigenvalue weighted by molar-refractivity contribution is 5.72. The maximum Gasteiger partial charge on any atom is 0.280 e. The monoisotopic (exact) mass is 248 g/mol. The van der Waals surface area contributed by atoms with Crippen LogP contribution in [0.3, 0.4) is 0 Å². The Morgan fingerprint density at radius 1 is 1.56 bits per heavy atom. The molecule has 2 aromatic rings. The van der Waals surface area contributed by atoms with Gasteiger partial charge in [0.05, 0.1) is 12.7 Å². The Morgan fingerprint density at radius 2 is 2.44 bits per heavy atom. The van der Waals surface area contributed by atoms with E-state index in [1.54, 1.807) is 17.9 Å². The molecule has 0 aromatic carbocycles. The van der Waals surface area contributed by atoms with Crippen molar-refractivity contribution in [3.63, 3.8) is 0 Å². The number of aryl methyl sites for hydroxylation is 1. The Hall–Kier alpha value is -1.76. The average molecular weight is 248 g/mol. The maximum atomic E-state index is 12.2. The number of piperidine rings is 1. The molecule has 1 aliphatic heterocycles. The summed E-state index contributed by atoms with van der Waals surface area (Å²) in [6.45, 7) is 2.64. The summed E-state index contributed by atoms with van der Waals surface area (Å²) in [6, 6.07) is 0. The second-order valence-electron chi connectivity index (χ2n) is 4.79. The summed E-state index contributed by atoms with van der Waals surface area (Å²) in [5.41, 5.74) is 0.441. The molecule has 1 atom stereocenters. The number of rotatable bonds is 2. The number of nitrogens with one attached hydrogen (secondary N) is 1. The van der Waals surface area contributed by atoms with E-state index in [2.05, 4.69) is 20.7 Å². The van der Waals surface area contributed by atoms with Gasteiger partial charge in [-0.15, -0.1) is 5.10 Å². The topological polar surface area (TPSA) is 77.6 Å². The second kappa shape index (κ2) is 4.49. The van der Waals surface area contributed by atoms with E-state index < -0.39 is 0 Å². The zero-order valence-corrected chi connectivity index (χ0v) is 10.3. The van der Waals surface area contributed by atoms with Crippen molar-refractivity contribution in [2.45, 2.75) is 19.4 Å². The van der Waals surface area contributed by atoms with Crippen molar-refractivity contribution in [3.05, 3.63) is 16.6 Å². The Bertz CT molecular complexity index is 610. The molecule has 0 bridgehead atoms. The summed E-state index contributed by atoms with van der Waals surface area (Å²) < 4.78 is 3.03. The van der Waals surface area contributed by atoms with Crippen molar-refractivity contribution in [2.24, 2.45) is 13.0 Å². The zero-order valence-electron chi connectivity index (χ0n) is 10.3. The summed E-state index contributed by atoms with van der Waals surface area (Å²) in [4.78, 5) is 12.2. The van der Waals surface area contributed by atoms with Crippen LogP contribution in [0.2, 0.25) is 0 Å². The lowest BCUT2D eigenvalue weighted by Gasteiger charge is -2.22. The Kier molecular flexibility index (Phi) is 2.83. The van der Waals surface area contributed by atoms with Crippen LogP contribution >= 0.6 is 0 Å². The molecule has 2 aromatic heterocycles. The van der Waals surface area contributed by atoms with E-state index >= 15 is 0 Å². The highest BCUT2D eigenvalue weighted by Crippen LogP contribution is 2.11. The summed E-state index contributed by atoms with van der Waals surface area (Å²) in [6.07, 6.45) is 3.84. The molecule has 3 rings (SSSR count). The van der Waals surface area contributed by atoms with Crippen LogP contribution < -0.4 is 10.9 Å². The smallest absolute Gasteiger partial charge is 0.280 e. The van der Waals surface area contributed by atoms with Crippen molar-refractivity contribution in [2.75, 3.05) is 13.1 Å². The maximum absolute atomic E-state index is 12.2. The normalized spacial score (nSPS) is 20.4. The largest absolute Gasteiger partial charge is 0.316 e. The van der Waals surface area contributed by atoms with Gasteiger partial charge in [0.2, 0.25) is 0 Å². The molecule has 0 saturated carbocycles. The van der Waals surface area contributed by atoms with Gasteiger partial charge >= 0.3 is 0 Å². The third kappa shape index (κ3) is 1.90.